The molecule has 0 spiro atoms. The second-order valence-electron chi connectivity index (χ2n) is 5.02. The molecule has 116 valence electrons. The van der Waals surface area contributed by atoms with Crippen LogP contribution in [0.25, 0.3) is 21.5 Å². The molecule has 0 aliphatic carbocycles. The number of hydrogen-bond donors (Lipinski definition) is 0. The molecule has 0 aromatic heterocycles. The van der Waals surface area contributed by atoms with Crippen molar-refractivity contribution >= 4 is 21.5 Å². The van der Waals surface area contributed by atoms with E-state index < -0.39 is 39.4 Å². The van der Waals surface area contributed by atoms with Gasteiger partial charge in [-0.15, -0.1) is 0 Å². The van der Waals surface area contributed by atoms with Crippen molar-refractivity contribution in [3.8, 4) is 24.3 Å². The van der Waals surface area contributed by atoms with Crippen LogP contribution in [0.1, 0.15) is 22.3 Å². The fourth-order valence-electron chi connectivity index (χ4n) is 2.78. The molecule has 0 radical (unpaired) electrons. The van der Waals surface area contributed by atoms with E-state index in [0.29, 0.717) is 0 Å². The number of rotatable bonds is 0. The fourth-order valence-corrected chi connectivity index (χ4v) is 2.78. The Bertz CT molecular complexity index is 1270. The second-order valence-corrected chi connectivity index (χ2v) is 5.02. The Morgan fingerprint density at radius 3 is 1.76 bits per heavy atom. The van der Waals surface area contributed by atoms with Gasteiger partial charge in [0, 0.05) is 10.8 Å². The number of benzene rings is 3. The number of fused-ring (bicyclic) bond motifs is 2. The molecule has 0 unspecified atom stereocenters. The summed E-state index contributed by atoms with van der Waals surface area (Å²) >= 11 is 0. The molecule has 0 aliphatic heterocycles. The average molecular weight is 332 g/mol. The van der Waals surface area contributed by atoms with Crippen molar-refractivity contribution in [1.82, 2.24) is 0 Å². The van der Waals surface area contributed by atoms with Crippen LogP contribution in [-0.4, -0.2) is 0 Å². The van der Waals surface area contributed by atoms with E-state index in [1.807, 2.05) is 0 Å². The van der Waals surface area contributed by atoms with Crippen LogP contribution in [0.5, 0.6) is 0 Å². The maximum atomic E-state index is 15.0. The van der Waals surface area contributed by atoms with Gasteiger partial charge in [-0.25, -0.2) is 13.2 Å². The van der Waals surface area contributed by atoms with Gasteiger partial charge in [-0.1, -0.05) is 6.07 Å². The van der Waals surface area contributed by atoms with E-state index in [1.165, 1.54) is 6.07 Å². The Labute approximate surface area is 138 Å². The van der Waals surface area contributed by atoms with Crippen molar-refractivity contribution in [2.24, 2.45) is 0 Å². The Morgan fingerprint density at radius 2 is 1.20 bits per heavy atom. The third-order valence-corrected chi connectivity index (χ3v) is 3.85. The third-order valence-electron chi connectivity index (χ3n) is 3.85. The lowest BCUT2D eigenvalue weighted by Gasteiger charge is -2.11. The predicted molar refractivity (Wildman–Crippen MR) is 80.2 cm³/mol. The van der Waals surface area contributed by atoms with Crippen LogP contribution in [-0.2, 0) is 0 Å². The van der Waals surface area contributed by atoms with Gasteiger partial charge in [-0.3, -0.25) is 0 Å². The highest BCUT2D eigenvalue weighted by Gasteiger charge is 2.25. The van der Waals surface area contributed by atoms with Gasteiger partial charge in [0.2, 0.25) is 0 Å². The van der Waals surface area contributed by atoms with Crippen LogP contribution >= 0.6 is 0 Å². The molecule has 4 nitrogen and oxygen atoms in total. The van der Waals surface area contributed by atoms with Crippen molar-refractivity contribution in [2.45, 2.75) is 0 Å². The molecular formula is C18H3F3N4. The van der Waals surface area contributed by atoms with Crippen molar-refractivity contribution in [2.75, 3.05) is 0 Å². The smallest absolute Gasteiger partial charge is 0.169 e. The number of nitriles is 4. The summed E-state index contributed by atoms with van der Waals surface area (Å²) in [6.07, 6.45) is 0. The van der Waals surface area contributed by atoms with Gasteiger partial charge >= 0.3 is 0 Å². The molecule has 0 saturated carbocycles. The van der Waals surface area contributed by atoms with Gasteiger partial charge in [0.1, 0.15) is 30.1 Å². The lowest BCUT2D eigenvalue weighted by molar-refractivity contribution is 0.512. The maximum absolute atomic E-state index is 15.0. The summed E-state index contributed by atoms with van der Waals surface area (Å²) in [6.45, 7) is 0. The van der Waals surface area contributed by atoms with Crippen molar-refractivity contribution in [1.29, 1.82) is 21.0 Å². The summed E-state index contributed by atoms with van der Waals surface area (Å²) in [5, 5.41) is 35.8. The number of halogens is 3. The first-order chi connectivity index (χ1) is 12.0. The Morgan fingerprint density at radius 1 is 0.640 bits per heavy atom. The fraction of sp³-hybridized carbons (Fsp3) is 0. The van der Waals surface area contributed by atoms with Crippen LogP contribution < -0.4 is 0 Å². The molecule has 3 aromatic rings. The van der Waals surface area contributed by atoms with E-state index in [1.54, 1.807) is 24.3 Å². The van der Waals surface area contributed by atoms with Crippen molar-refractivity contribution in [3.63, 3.8) is 0 Å². The van der Waals surface area contributed by atoms with Crippen molar-refractivity contribution < 1.29 is 13.2 Å². The summed E-state index contributed by atoms with van der Waals surface area (Å²) < 4.78 is 42.5. The molecule has 0 saturated heterocycles. The zero-order valence-electron chi connectivity index (χ0n) is 12.2. The predicted octanol–water partition coefficient (Wildman–Crippen LogP) is 3.90. The van der Waals surface area contributed by atoms with Gasteiger partial charge in [0.15, 0.2) is 11.6 Å². The first-order valence-electron chi connectivity index (χ1n) is 6.70. The van der Waals surface area contributed by atoms with Crippen molar-refractivity contribution in [3.05, 3.63) is 57.9 Å². The zero-order chi connectivity index (χ0) is 18.3. The third kappa shape index (κ3) is 1.98. The molecule has 0 bridgehead atoms. The molecule has 7 heteroatoms. The van der Waals surface area contributed by atoms with E-state index in [9.17, 15) is 34.2 Å². The van der Waals surface area contributed by atoms with Crippen LogP contribution in [0.4, 0.5) is 13.2 Å². The van der Waals surface area contributed by atoms with Crippen LogP contribution in [0.3, 0.4) is 0 Å². The highest BCUT2D eigenvalue weighted by molar-refractivity contribution is 6.06. The molecule has 3 aromatic carbocycles. The normalized spacial score (nSPS) is 10.0. The highest BCUT2D eigenvalue weighted by atomic mass is 19.2. The largest absolute Gasteiger partial charge is 0.205 e. The van der Waals surface area contributed by atoms with Gasteiger partial charge in [-0.05, 0) is 17.5 Å². The first-order valence-corrected chi connectivity index (χ1v) is 6.70. The maximum Gasteiger partial charge on any atom is 0.169 e. The SMILES string of the molecule is N#Cc1c(C#N)c(C#N)c2c(F)c3c(F)c(F)ccc3cc2c1C#N. The van der Waals surface area contributed by atoms with Crippen LogP contribution in [0.15, 0.2) is 18.2 Å². The lowest BCUT2D eigenvalue weighted by atomic mass is 9.88. The van der Waals surface area contributed by atoms with E-state index in [2.05, 4.69) is 0 Å². The molecule has 0 fully saturated rings. The topological polar surface area (TPSA) is 95.2 Å². The first kappa shape index (κ1) is 15.8. The van der Waals surface area contributed by atoms with Gasteiger partial charge in [-0.2, -0.15) is 21.0 Å². The average Bonchev–Trinajstić information content (AvgIpc) is 2.62. The van der Waals surface area contributed by atoms with Crippen LogP contribution in [0, 0.1) is 62.8 Å². The monoisotopic (exact) mass is 332 g/mol. The summed E-state index contributed by atoms with van der Waals surface area (Å²) in [5.41, 5.74) is -1.66. The van der Waals surface area contributed by atoms with Gasteiger partial charge < -0.3 is 0 Å². The summed E-state index contributed by atoms with van der Waals surface area (Å²) in [4.78, 5) is 0. The Balaban J connectivity index is 2.79. The van der Waals surface area contributed by atoms with Gasteiger partial charge in [0.25, 0.3) is 0 Å². The molecular weight excluding hydrogens is 329 g/mol. The van der Waals surface area contributed by atoms with E-state index >= 15 is 0 Å². The minimum Gasteiger partial charge on any atom is -0.205 e. The molecule has 0 N–H and O–H groups in total. The second kappa shape index (κ2) is 5.53. The minimum absolute atomic E-state index is 0.0436. The molecule has 3 rings (SSSR count). The Hall–Kier alpha value is -4.07. The van der Waals surface area contributed by atoms with E-state index in [-0.39, 0.29) is 21.9 Å². The van der Waals surface area contributed by atoms with Crippen LogP contribution in [0.2, 0.25) is 0 Å². The minimum atomic E-state index is -1.44. The van der Waals surface area contributed by atoms with E-state index in [0.717, 1.165) is 12.1 Å². The summed E-state index contributed by atoms with van der Waals surface area (Å²) in [7, 11) is 0. The molecule has 0 atom stereocenters. The standard InChI is InChI=1S/C18H3F3N4/c19-14-2-1-8-3-9-10(4-22)11(5-23)12(6-24)13(7-25)16(9)18(21)15(8)17(14)20/h1-3H. The molecule has 0 heterocycles. The van der Waals surface area contributed by atoms with Gasteiger partial charge in [0.05, 0.1) is 27.6 Å². The highest BCUT2D eigenvalue weighted by Crippen LogP contribution is 2.36. The number of hydrogen-bond acceptors (Lipinski definition) is 4. The van der Waals surface area contributed by atoms with E-state index in [4.69, 9.17) is 0 Å². The zero-order valence-corrected chi connectivity index (χ0v) is 12.2. The quantitative estimate of drug-likeness (QED) is 0.583. The summed E-state index contributed by atoms with van der Waals surface area (Å²) in [5.74, 6) is -3.99. The lowest BCUT2D eigenvalue weighted by Crippen LogP contribution is -2.01. The molecule has 0 amide bonds. The summed E-state index contributed by atoms with van der Waals surface area (Å²) in [6, 6.07) is 9.72. The Kier molecular flexibility index (Phi) is 3.50. The number of nitrogens with zero attached hydrogens (tertiary/aromatic N) is 4. The molecule has 0 aliphatic rings. The molecule has 25 heavy (non-hydrogen) atoms.